The maximum atomic E-state index is 5.52. The van der Waals surface area contributed by atoms with Crippen molar-refractivity contribution in [2.24, 2.45) is 0 Å². The Labute approximate surface area is 305 Å². The van der Waals surface area contributed by atoms with E-state index in [1.54, 1.807) is 0 Å². The minimum absolute atomic E-state index is 0.830. The maximum absolute atomic E-state index is 5.52. The van der Waals surface area contributed by atoms with Crippen LogP contribution in [0.2, 0.25) is 0 Å². The van der Waals surface area contributed by atoms with Crippen LogP contribution in [0.4, 0.5) is 0 Å². The van der Waals surface area contributed by atoms with Crippen LogP contribution in [-0.4, -0.2) is 18.9 Å². The summed E-state index contributed by atoms with van der Waals surface area (Å²) in [6, 6.07) is 57.2. The van der Waals surface area contributed by atoms with Crippen molar-refractivity contribution in [3.05, 3.63) is 158 Å². The third-order valence-electron chi connectivity index (χ3n) is 11.4. The van der Waals surface area contributed by atoms with Crippen LogP contribution in [0.3, 0.4) is 0 Å². The fraction of sp³-hybridized carbons (Fsp3) is 0. The summed E-state index contributed by atoms with van der Waals surface area (Å²) in [6.07, 6.45) is 0. The monoisotopic (exact) mass is 690 g/mol. The van der Waals surface area contributed by atoms with Gasteiger partial charge < -0.3 is 4.40 Å². The number of rotatable bonds is 2. The number of hydrogen-bond acceptors (Lipinski definition) is 3. The highest BCUT2D eigenvalue weighted by Gasteiger charge is 2.25. The zero-order valence-corrected chi connectivity index (χ0v) is 29.0. The quantitative estimate of drug-likeness (QED) is 0.169. The topological polar surface area (TPSA) is 35.1 Å². The molecule has 0 saturated heterocycles. The first-order chi connectivity index (χ1) is 26.3. The van der Waals surface area contributed by atoms with Gasteiger partial charge in [-0.15, -0.1) is 11.3 Å². The molecule has 13 rings (SSSR count). The van der Waals surface area contributed by atoms with Gasteiger partial charge in [0, 0.05) is 58.1 Å². The van der Waals surface area contributed by atoms with E-state index in [4.69, 9.17) is 9.97 Å². The normalized spacial score (nSPS) is 12.5. The zero-order chi connectivity index (χ0) is 34.4. The van der Waals surface area contributed by atoms with Crippen LogP contribution in [0.1, 0.15) is 0 Å². The Morgan fingerprint density at radius 3 is 2.04 bits per heavy atom. The van der Waals surface area contributed by atoms with Crippen molar-refractivity contribution in [1.29, 1.82) is 0 Å². The van der Waals surface area contributed by atoms with Crippen LogP contribution < -0.4 is 0 Å². The largest absolute Gasteiger partial charge is 0.308 e. The summed E-state index contributed by atoms with van der Waals surface area (Å²) in [4.78, 5) is 11.0. The number of benzene rings is 8. The zero-order valence-electron chi connectivity index (χ0n) is 28.2. The van der Waals surface area contributed by atoms with Gasteiger partial charge in [0.05, 0.1) is 38.6 Å². The molecule has 13 aromatic rings. The van der Waals surface area contributed by atoms with Crippen molar-refractivity contribution in [3.8, 4) is 17.1 Å². The number of thiophene rings is 1. The van der Waals surface area contributed by atoms with Gasteiger partial charge in [0.15, 0.2) is 5.82 Å². The summed E-state index contributed by atoms with van der Waals surface area (Å²) in [5, 5.41) is 12.4. The summed E-state index contributed by atoms with van der Waals surface area (Å²) in [5.74, 6) is 0.830. The number of aromatic nitrogens is 4. The molecular weight excluding hydrogens is 665 g/mol. The highest BCUT2D eigenvalue weighted by Crippen LogP contribution is 2.46. The maximum Gasteiger partial charge on any atom is 0.165 e. The molecule has 5 heterocycles. The lowest BCUT2D eigenvalue weighted by atomic mass is 10.0. The van der Waals surface area contributed by atoms with Crippen molar-refractivity contribution < 1.29 is 0 Å². The molecule has 0 atom stereocenters. The molecule has 0 bridgehead atoms. The number of nitrogens with zero attached hydrogens (tertiary/aromatic N) is 4. The first-order valence-electron chi connectivity index (χ1n) is 18.0. The highest BCUT2D eigenvalue weighted by molar-refractivity contribution is 7.25. The first-order valence-corrected chi connectivity index (χ1v) is 18.8. The average Bonchev–Trinajstić information content (AvgIpc) is 3.84. The third kappa shape index (κ3) is 3.54. The molecule has 5 aromatic heterocycles. The van der Waals surface area contributed by atoms with E-state index in [2.05, 4.69) is 167 Å². The second-order valence-electron chi connectivity index (χ2n) is 14.1. The van der Waals surface area contributed by atoms with E-state index < -0.39 is 0 Å². The Morgan fingerprint density at radius 1 is 0.434 bits per heavy atom. The Kier molecular flexibility index (Phi) is 5.22. The molecule has 8 aromatic carbocycles. The van der Waals surface area contributed by atoms with Crippen molar-refractivity contribution in [2.45, 2.75) is 0 Å². The Hall–Kier alpha value is -6.82. The van der Waals surface area contributed by atoms with Gasteiger partial charge >= 0.3 is 0 Å². The molecule has 0 unspecified atom stereocenters. The molecule has 0 radical (unpaired) electrons. The molecule has 0 spiro atoms. The number of para-hydroxylation sites is 1. The lowest BCUT2D eigenvalue weighted by Gasteiger charge is -2.15. The molecule has 53 heavy (non-hydrogen) atoms. The van der Waals surface area contributed by atoms with Crippen LogP contribution >= 0.6 is 11.3 Å². The molecule has 5 heteroatoms. The smallest absolute Gasteiger partial charge is 0.165 e. The van der Waals surface area contributed by atoms with E-state index in [-0.39, 0.29) is 0 Å². The van der Waals surface area contributed by atoms with Crippen molar-refractivity contribution in [3.63, 3.8) is 0 Å². The minimum Gasteiger partial charge on any atom is -0.308 e. The Bertz CT molecular complexity index is 3680. The number of hydrogen-bond donors (Lipinski definition) is 0. The van der Waals surface area contributed by atoms with E-state index in [9.17, 15) is 0 Å². The van der Waals surface area contributed by atoms with Gasteiger partial charge in [0.2, 0.25) is 0 Å². The SMILES string of the molecule is c1ccc(-c2nc3c(ccc4ccccc43)nc2-n2c3cccc4c5cccc6c7cc8c(cc7n(c7cccc2c7c43)c56)sc2ccccc28)cc1. The summed E-state index contributed by atoms with van der Waals surface area (Å²) in [7, 11) is 0. The third-order valence-corrected chi connectivity index (χ3v) is 12.5. The molecule has 0 fully saturated rings. The van der Waals surface area contributed by atoms with Crippen LogP contribution in [-0.2, 0) is 0 Å². The van der Waals surface area contributed by atoms with Crippen molar-refractivity contribution in [2.75, 3.05) is 0 Å². The molecule has 0 aliphatic carbocycles. The van der Waals surface area contributed by atoms with E-state index in [0.29, 0.717) is 0 Å². The highest BCUT2D eigenvalue weighted by atomic mass is 32.1. The van der Waals surface area contributed by atoms with E-state index in [0.717, 1.165) is 49.9 Å². The first kappa shape index (κ1) is 27.8. The molecule has 0 saturated carbocycles. The van der Waals surface area contributed by atoms with Crippen LogP contribution in [0, 0.1) is 0 Å². The molecule has 4 nitrogen and oxygen atoms in total. The van der Waals surface area contributed by atoms with Crippen molar-refractivity contribution >= 4 is 113 Å². The average molecular weight is 691 g/mol. The molecular formula is C48H26N4S. The summed E-state index contributed by atoms with van der Waals surface area (Å²) >= 11 is 1.88. The Morgan fingerprint density at radius 2 is 1.13 bits per heavy atom. The molecule has 0 amide bonds. The van der Waals surface area contributed by atoms with Gasteiger partial charge in [0.25, 0.3) is 0 Å². The van der Waals surface area contributed by atoms with E-state index in [1.807, 2.05) is 11.3 Å². The van der Waals surface area contributed by atoms with Gasteiger partial charge in [-0.1, -0.05) is 115 Å². The number of fused-ring (bicyclic) bond motifs is 11. The summed E-state index contributed by atoms with van der Waals surface area (Å²) in [5.41, 5.74) is 9.60. The van der Waals surface area contributed by atoms with E-state index >= 15 is 0 Å². The van der Waals surface area contributed by atoms with Gasteiger partial charge in [-0.25, -0.2) is 9.97 Å². The standard InChI is InChI=1S/C48H26N4S/c1-2-12-28(13-3-1)45-48(49-36-24-23-27-11-4-5-14-29(27)46(36)50-45)52-37-19-9-16-31-32-17-8-18-33-34-25-35-30-15-6-7-22-41(30)53-42(35)26-40(34)51(47(32)33)38-20-10-21-39(52)44(38)43(31)37/h1-26H. The second kappa shape index (κ2) is 9.94. The van der Waals surface area contributed by atoms with E-state index in [1.165, 1.54) is 69.0 Å². The minimum atomic E-state index is 0.830. The second-order valence-corrected chi connectivity index (χ2v) is 15.2. The van der Waals surface area contributed by atoms with Crippen molar-refractivity contribution in [1.82, 2.24) is 18.9 Å². The van der Waals surface area contributed by atoms with Crippen LogP contribution in [0.25, 0.3) is 119 Å². The predicted molar refractivity (Wildman–Crippen MR) is 224 cm³/mol. The van der Waals surface area contributed by atoms with Gasteiger partial charge in [0.1, 0.15) is 5.69 Å². The predicted octanol–water partition coefficient (Wildman–Crippen LogP) is 13.1. The van der Waals surface area contributed by atoms with Crippen LogP contribution in [0.15, 0.2) is 158 Å². The lowest BCUT2D eigenvalue weighted by Crippen LogP contribution is -2.04. The van der Waals surface area contributed by atoms with Gasteiger partial charge in [-0.2, -0.15) is 0 Å². The Balaban J connectivity index is 1.24. The fourth-order valence-corrected chi connectivity index (χ4v) is 10.3. The lowest BCUT2D eigenvalue weighted by molar-refractivity contribution is 1.08. The fourth-order valence-electron chi connectivity index (χ4n) is 9.21. The van der Waals surface area contributed by atoms with Gasteiger partial charge in [-0.05, 0) is 53.2 Å². The molecule has 0 aliphatic rings. The van der Waals surface area contributed by atoms with Gasteiger partial charge in [-0.3, -0.25) is 4.57 Å². The molecule has 244 valence electrons. The summed E-state index contributed by atoms with van der Waals surface area (Å²) < 4.78 is 7.53. The molecule has 0 aliphatic heterocycles. The van der Waals surface area contributed by atoms with Crippen LogP contribution in [0.5, 0.6) is 0 Å². The summed E-state index contributed by atoms with van der Waals surface area (Å²) in [6.45, 7) is 0. The molecule has 0 N–H and O–H groups in total.